The minimum atomic E-state index is -4.85. The van der Waals surface area contributed by atoms with Crippen molar-refractivity contribution in [1.82, 2.24) is 0 Å². The second-order valence-corrected chi connectivity index (χ2v) is 15.2. The standard InChI is InChI=1S/C38H40F3N3O9/c1-17(2)27-30(47)26(33(42)50)31(48)37(52)32(49)28-29(46)25-23(15-35(28,3)16-36(27,37)4)22(13-14-24(25)45)18-5-7-19(8-6-18)43-34(51)44-20-9-11-21(12-10-20)53-38(39,40)41/h5-14,17,26-28,30,32,45,47,49,52H,15-16H2,1-4H3,(H2,42,50)(H2,43,44,51)/t26?,27-,28?,30?,32?,35+,36+,37-/m0/s1. The summed E-state index contributed by atoms with van der Waals surface area (Å²) < 4.78 is 41.2. The maximum absolute atomic E-state index is 14.4. The summed E-state index contributed by atoms with van der Waals surface area (Å²) in [7, 11) is 0. The molecule has 0 heterocycles. The van der Waals surface area contributed by atoms with Gasteiger partial charge in [-0.1, -0.05) is 45.9 Å². The van der Waals surface area contributed by atoms with Gasteiger partial charge in [0.05, 0.1) is 17.6 Å². The first-order chi connectivity index (χ1) is 24.6. The molecule has 8 N–H and O–H groups in total. The number of nitrogens with one attached hydrogen (secondary N) is 2. The number of nitrogens with two attached hydrogens (primary N) is 1. The molecule has 3 aliphatic rings. The summed E-state index contributed by atoms with van der Waals surface area (Å²) in [5, 5.41) is 51.8. The summed E-state index contributed by atoms with van der Waals surface area (Å²) in [4.78, 5) is 53.4. The summed E-state index contributed by atoms with van der Waals surface area (Å²) in [5.41, 5.74) is 2.43. The molecule has 0 aromatic heterocycles. The quantitative estimate of drug-likeness (QED) is 0.173. The molecular formula is C38H40F3N3O9. The lowest BCUT2D eigenvalue weighted by Gasteiger charge is -2.66. The van der Waals surface area contributed by atoms with Crippen LogP contribution in [0.25, 0.3) is 11.1 Å². The maximum atomic E-state index is 14.4. The zero-order chi connectivity index (χ0) is 39.0. The number of benzene rings is 3. The lowest BCUT2D eigenvalue weighted by atomic mass is 9.39. The molecule has 3 aliphatic carbocycles. The minimum Gasteiger partial charge on any atom is -0.507 e. The SMILES string of the molecule is CC(C)[C@H]1C(O)C(C(N)=O)C(=O)[C@]2(O)C(O)C3C(=O)c4c(O)ccc(-c5ccc(NC(=O)Nc6ccc(OC(F)(F)F)cc6)cc5)c4C[C@]3(C)C[C@]12C. The number of carbonyl (C=O) groups is 4. The van der Waals surface area contributed by atoms with E-state index in [1.54, 1.807) is 58.0 Å². The first kappa shape index (κ1) is 37.8. The predicted octanol–water partition coefficient (Wildman–Crippen LogP) is 4.78. The smallest absolute Gasteiger partial charge is 0.507 e. The Morgan fingerprint density at radius 2 is 1.51 bits per heavy atom. The molecule has 2 fully saturated rings. The zero-order valence-corrected chi connectivity index (χ0v) is 29.2. The number of urea groups is 1. The van der Waals surface area contributed by atoms with E-state index in [9.17, 15) is 52.8 Å². The van der Waals surface area contributed by atoms with Crippen LogP contribution in [0.4, 0.5) is 29.3 Å². The Hall–Kier alpha value is -4.99. The Kier molecular flexibility index (Phi) is 9.15. The van der Waals surface area contributed by atoms with Crippen molar-refractivity contribution < 1.29 is 57.5 Å². The number of aliphatic hydroxyl groups excluding tert-OH is 2. The second-order valence-electron chi connectivity index (χ2n) is 15.2. The van der Waals surface area contributed by atoms with E-state index in [4.69, 9.17) is 5.73 Å². The lowest BCUT2D eigenvalue weighted by molar-refractivity contribution is -0.274. The van der Waals surface area contributed by atoms with Crippen molar-refractivity contribution in [2.75, 3.05) is 10.6 Å². The van der Waals surface area contributed by atoms with Crippen molar-refractivity contribution in [2.45, 2.75) is 64.7 Å². The minimum absolute atomic E-state index is 0.00825. The van der Waals surface area contributed by atoms with Gasteiger partial charge in [-0.05, 0) is 89.2 Å². The van der Waals surface area contributed by atoms with E-state index < -0.39 is 82.0 Å². The van der Waals surface area contributed by atoms with E-state index in [-0.39, 0.29) is 35.8 Å². The van der Waals surface area contributed by atoms with Gasteiger partial charge in [0.25, 0.3) is 0 Å². The van der Waals surface area contributed by atoms with E-state index in [0.717, 1.165) is 12.1 Å². The number of aromatic hydroxyl groups is 1. The number of ketones is 2. The third kappa shape index (κ3) is 6.09. The van der Waals surface area contributed by atoms with Gasteiger partial charge in [0.2, 0.25) is 5.91 Å². The van der Waals surface area contributed by atoms with Gasteiger partial charge in [0.15, 0.2) is 17.2 Å². The number of fused-ring (bicyclic) bond motifs is 3. The van der Waals surface area contributed by atoms with Crippen LogP contribution in [0.1, 0.15) is 50.0 Å². The number of amides is 3. The topological polar surface area (TPSA) is 209 Å². The van der Waals surface area contributed by atoms with Gasteiger partial charge in [-0.3, -0.25) is 14.4 Å². The molecule has 15 heteroatoms. The first-order valence-corrected chi connectivity index (χ1v) is 17.0. The maximum Gasteiger partial charge on any atom is 0.573 e. The molecule has 0 saturated heterocycles. The highest BCUT2D eigenvalue weighted by atomic mass is 19.4. The number of phenols is 1. The number of alkyl halides is 3. The van der Waals surface area contributed by atoms with Crippen molar-refractivity contribution in [2.24, 2.45) is 40.2 Å². The lowest BCUT2D eigenvalue weighted by Crippen LogP contribution is -2.79. The molecule has 2 saturated carbocycles. The average Bonchev–Trinajstić information content (AvgIpc) is 3.03. The number of ether oxygens (including phenoxy) is 1. The molecule has 3 amide bonds. The highest BCUT2D eigenvalue weighted by molar-refractivity contribution is 6.10. The van der Waals surface area contributed by atoms with Gasteiger partial charge in [-0.2, -0.15) is 0 Å². The third-order valence-corrected chi connectivity index (χ3v) is 11.5. The summed E-state index contributed by atoms with van der Waals surface area (Å²) >= 11 is 0. The number of phenolic OH excluding ortho intramolecular Hbond substituents is 1. The van der Waals surface area contributed by atoms with Gasteiger partial charge < -0.3 is 41.5 Å². The Labute approximate surface area is 302 Å². The van der Waals surface area contributed by atoms with E-state index in [1.807, 2.05) is 0 Å². The van der Waals surface area contributed by atoms with Crippen LogP contribution in [-0.2, 0) is 16.0 Å². The highest BCUT2D eigenvalue weighted by Gasteiger charge is 2.76. The van der Waals surface area contributed by atoms with Gasteiger partial charge in [0, 0.05) is 16.8 Å². The number of anilines is 2. The van der Waals surface area contributed by atoms with Crippen LogP contribution < -0.4 is 21.1 Å². The van der Waals surface area contributed by atoms with Crippen molar-refractivity contribution in [3.8, 4) is 22.6 Å². The van der Waals surface area contributed by atoms with Gasteiger partial charge in [-0.25, -0.2) is 4.79 Å². The normalized spacial score (nSPS) is 30.9. The molecular weight excluding hydrogens is 699 g/mol. The first-order valence-electron chi connectivity index (χ1n) is 17.0. The van der Waals surface area contributed by atoms with Gasteiger partial charge in [-0.15, -0.1) is 13.2 Å². The molecule has 8 atom stereocenters. The largest absolute Gasteiger partial charge is 0.573 e. The number of carbonyl (C=O) groups excluding carboxylic acids is 4. The highest BCUT2D eigenvalue weighted by Crippen LogP contribution is 2.66. The van der Waals surface area contributed by atoms with Crippen LogP contribution in [0.3, 0.4) is 0 Å². The fourth-order valence-corrected chi connectivity index (χ4v) is 9.57. The number of hydrogen-bond donors (Lipinski definition) is 7. The summed E-state index contributed by atoms with van der Waals surface area (Å²) in [6, 6.07) is 13.4. The molecule has 3 aromatic rings. The van der Waals surface area contributed by atoms with E-state index in [1.165, 1.54) is 18.2 Å². The third-order valence-electron chi connectivity index (χ3n) is 11.5. The fourth-order valence-electron chi connectivity index (χ4n) is 9.57. The van der Waals surface area contributed by atoms with Crippen LogP contribution >= 0.6 is 0 Å². The second kappa shape index (κ2) is 12.8. The fraction of sp³-hybridized carbons (Fsp3) is 0.421. The molecule has 0 spiro atoms. The molecule has 0 aliphatic heterocycles. The Morgan fingerprint density at radius 3 is 2.04 bits per heavy atom. The summed E-state index contributed by atoms with van der Waals surface area (Å²) in [6.45, 7) is 6.88. The van der Waals surface area contributed by atoms with Crippen LogP contribution in [0.15, 0.2) is 60.7 Å². The zero-order valence-electron chi connectivity index (χ0n) is 29.2. The molecule has 4 unspecified atom stereocenters. The summed E-state index contributed by atoms with van der Waals surface area (Å²) in [5.74, 6) is -8.23. The van der Waals surface area contributed by atoms with Gasteiger partial charge in [0.1, 0.15) is 23.5 Å². The van der Waals surface area contributed by atoms with Crippen molar-refractivity contribution in [1.29, 1.82) is 0 Å². The predicted molar refractivity (Wildman–Crippen MR) is 185 cm³/mol. The monoisotopic (exact) mass is 739 g/mol. The van der Waals surface area contributed by atoms with Crippen molar-refractivity contribution in [3.05, 3.63) is 71.8 Å². The van der Waals surface area contributed by atoms with Crippen molar-refractivity contribution in [3.63, 3.8) is 0 Å². The number of Topliss-reactive ketones (excluding diaryl/α,β-unsaturated/α-hetero) is 2. The van der Waals surface area contributed by atoms with Crippen LogP contribution in [-0.4, -0.2) is 68.1 Å². The van der Waals surface area contributed by atoms with Crippen LogP contribution in [0.2, 0.25) is 0 Å². The molecule has 12 nitrogen and oxygen atoms in total. The average molecular weight is 740 g/mol. The molecule has 6 rings (SSSR count). The Bertz CT molecular complexity index is 1990. The van der Waals surface area contributed by atoms with Crippen LogP contribution in [0.5, 0.6) is 11.5 Å². The Morgan fingerprint density at radius 1 is 0.943 bits per heavy atom. The molecule has 0 radical (unpaired) electrons. The van der Waals surface area contributed by atoms with E-state index in [0.29, 0.717) is 22.4 Å². The number of aliphatic hydroxyl groups is 3. The Balaban J connectivity index is 1.30. The number of primary amides is 1. The molecule has 282 valence electrons. The number of rotatable bonds is 6. The summed E-state index contributed by atoms with van der Waals surface area (Å²) in [6.07, 6.45) is -8.29. The number of hydrogen-bond acceptors (Lipinski definition) is 9. The molecule has 0 bridgehead atoms. The number of halogens is 3. The van der Waals surface area contributed by atoms with Crippen LogP contribution in [0, 0.1) is 34.5 Å². The molecule has 53 heavy (non-hydrogen) atoms. The van der Waals surface area contributed by atoms with E-state index in [2.05, 4.69) is 15.4 Å². The molecule has 3 aromatic carbocycles. The van der Waals surface area contributed by atoms with Crippen molar-refractivity contribution >= 4 is 34.9 Å². The van der Waals surface area contributed by atoms with E-state index >= 15 is 0 Å². The van der Waals surface area contributed by atoms with Gasteiger partial charge >= 0.3 is 12.4 Å².